The fourth-order valence-corrected chi connectivity index (χ4v) is 3.58. The Morgan fingerprint density at radius 2 is 2.08 bits per heavy atom. The SMILES string of the molecule is CC(C)CC(CCO)CNC(=O)N1CCc2ccccc2C1CO. The van der Waals surface area contributed by atoms with Crippen molar-refractivity contribution in [2.45, 2.75) is 39.2 Å². The van der Waals surface area contributed by atoms with Crippen LogP contribution in [-0.2, 0) is 6.42 Å². The van der Waals surface area contributed by atoms with Crippen LogP contribution >= 0.6 is 0 Å². The average molecular weight is 334 g/mol. The molecular formula is C19H30N2O3. The van der Waals surface area contributed by atoms with E-state index >= 15 is 0 Å². The Hall–Kier alpha value is -1.59. The van der Waals surface area contributed by atoms with Gasteiger partial charge in [0.2, 0.25) is 0 Å². The third-order valence-corrected chi connectivity index (χ3v) is 4.73. The second-order valence-electron chi connectivity index (χ2n) is 7.03. The van der Waals surface area contributed by atoms with E-state index in [1.54, 1.807) is 4.90 Å². The predicted octanol–water partition coefficient (Wildman–Crippen LogP) is 2.33. The number of hydrogen-bond donors (Lipinski definition) is 3. The number of aliphatic hydroxyl groups is 2. The van der Waals surface area contributed by atoms with Gasteiger partial charge in [-0.1, -0.05) is 38.1 Å². The van der Waals surface area contributed by atoms with Gasteiger partial charge in [0.05, 0.1) is 12.6 Å². The number of nitrogens with zero attached hydrogens (tertiary/aromatic N) is 1. The molecule has 3 N–H and O–H groups in total. The minimum atomic E-state index is -0.281. The van der Waals surface area contributed by atoms with Gasteiger partial charge in [-0.3, -0.25) is 0 Å². The lowest BCUT2D eigenvalue weighted by atomic mass is 9.93. The summed E-state index contributed by atoms with van der Waals surface area (Å²) >= 11 is 0. The highest BCUT2D eigenvalue weighted by Gasteiger charge is 2.30. The van der Waals surface area contributed by atoms with Crippen molar-refractivity contribution in [2.24, 2.45) is 11.8 Å². The van der Waals surface area contributed by atoms with Crippen molar-refractivity contribution in [3.05, 3.63) is 35.4 Å². The van der Waals surface area contributed by atoms with E-state index in [1.807, 2.05) is 18.2 Å². The van der Waals surface area contributed by atoms with Gasteiger partial charge in [0.1, 0.15) is 0 Å². The van der Waals surface area contributed by atoms with Crippen molar-refractivity contribution >= 4 is 6.03 Å². The first-order chi connectivity index (χ1) is 11.6. The predicted molar refractivity (Wildman–Crippen MR) is 94.7 cm³/mol. The minimum absolute atomic E-state index is 0.0729. The second-order valence-corrected chi connectivity index (χ2v) is 7.03. The number of urea groups is 1. The van der Waals surface area contributed by atoms with Gasteiger partial charge in [-0.25, -0.2) is 4.79 Å². The zero-order valence-corrected chi connectivity index (χ0v) is 14.7. The summed E-state index contributed by atoms with van der Waals surface area (Å²) in [6.07, 6.45) is 2.49. The first kappa shape index (κ1) is 18.7. The Morgan fingerprint density at radius 1 is 1.33 bits per heavy atom. The maximum absolute atomic E-state index is 12.6. The fourth-order valence-electron chi connectivity index (χ4n) is 3.58. The third-order valence-electron chi connectivity index (χ3n) is 4.73. The zero-order valence-electron chi connectivity index (χ0n) is 14.7. The highest BCUT2D eigenvalue weighted by Crippen LogP contribution is 2.29. The number of amides is 2. The molecule has 1 aromatic carbocycles. The monoisotopic (exact) mass is 334 g/mol. The molecule has 5 heteroatoms. The molecule has 0 aromatic heterocycles. The molecule has 0 spiro atoms. The van der Waals surface area contributed by atoms with E-state index in [1.165, 1.54) is 5.56 Å². The highest BCUT2D eigenvalue weighted by molar-refractivity contribution is 5.75. The molecule has 0 radical (unpaired) electrons. The number of fused-ring (bicyclic) bond motifs is 1. The lowest BCUT2D eigenvalue weighted by molar-refractivity contribution is 0.125. The molecule has 0 saturated heterocycles. The summed E-state index contributed by atoms with van der Waals surface area (Å²) in [6, 6.07) is 7.58. The molecule has 2 amide bonds. The van der Waals surface area contributed by atoms with Gasteiger partial charge in [0, 0.05) is 19.7 Å². The first-order valence-corrected chi connectivity index (χ1v) is 8.90. The van der Waals surface area contributed by atoms with Crippen LogP contribution < -0.4 is 5.32 Å². The molecule has 1 aromatic rings. The molecule has 1 heterocycles. The number of carbonyl (C=O) groups excluding carboxylic acids is 1. The van der Waals surface area contributed by atoms with Crippen LogP contribution in [0.3, 0.4) is 0 Å². The van der Waals surface area contributed by atoms with E-state index < -0.39 is 0 Å². The lowest BCUT2D eigenvalue weighted by Gasteiger charge is -2.36. The van der Waals surface area contributed by atoms with E-state index in [9.17, 15) is 15.0 Å². The topological polar surface area (TPSA) is 72.8 Å². The van der Waals surface area contributed by atoms with Crippen LogP contribution in [0, 0.1) is 11.8 Å². The van der Waals surface area contributed by atoms with Gasteiger partial charge in [-0.05, 0) is 42.2 Å². The van der Waals surface area contributed by atoms with Gasteiger partial charge in [-0.15, -0.1) is 0 Å². The van der Waals surface area contributed by atoms with E-state index in [0.717, 1.165) is 18.4 Å². The Labute approximate surface area is 144 Å². The number of aliphatic hydroxyl groups excluding tert-OH is 2. The Balaban J connectivity index is 1.99. The van der Waals surface area contributed by atoms with Crippen molar-refractivity contribution < 1.29 is 15.0 Å². The van der Waals surface area contributed by atoms with Crippen LogP contribution in [0.25, 0.3) is 0 Å². The Bertz CT molecular complexity index is 533. The first-order valence-electron chi connectivity index (χ1n) is 8.90. The number of carbonyl (C=O) groups is 1. The summed E-state index contributed by atoms with van der Waals surface area (Å²) < 4.78 is 0. The van der Waals surface area contributed by atoms with Crippen LogP contribution in [0.2, 0.25) is 0 Å². The van der Waals surface area contributed by atoms with E-state index in [-0.39, 0.29) is 31.2 Å². The molecule has 134 valence electrons. The Kier molecular flexibility index (Phi) is 7.06. The number of rotatable bonds is 7. The van der Waals surface area contributed by atoms with Gasteiger partial charge in [0.25, 0.3) is 0 Å². The molecule has 2 atom stereocenters. The van der Waals surface area contributed by atoms with Gasteiger partial charge in [0.15, 0.2) is 0 Å². The van der Waals surface area contributed by atoms with Crippen LogP contribution in [0.5, 0.6) is 0 Å². The van der Waals surface area contributed by atoms with Gasteiger partial charge < -0.3 is 20.4 Å². The summed E-state index contributed by atoms with van der Waals surface area (Å²) in [6.45, 7) is 5.54. The standard InChI is InChI=1S/C19H30N2O3/c1-14(2)11-15(8-10-22)12-20-19(24)21-9-7-16-5-3-4-6-17(16)18(21)13-23/h3-6,14-15,18,22-23H,7-13H2,1-2H3,(H,20,24). The number of benzene rings is 1. The molecule has 2 unspecified atom stereocenters. The molecule has 0 aliphatic carbocycles. The minimum Gasteiger partial charge on any atom is -0.396 e. The summed E-state index contributed by atoms with van der Waals surface area (Å²) in [7, 11) is 0. The second kappa shape index (κ2) is 9.04. The molecule has 1 aliphatic heterocycles. The molecule has 0 fully saturated rings. The van der Waals surface area contributed by atoms with Gasteiger partial charge >= 0.3 is 6.03 Å². The summed E-state index contributed by atoms with van der Waals surface area (Å²) in [4.78, 5) is 14.3. The van der Waals surface area contributed by atoms with Crippen molar-refractivity contribution in [1.82, 2.24) is 10.2 Å². The highest BCUT2D eigenvalue weighted by atomic mass is 16.3. The third kappa shape index (κ3) is 4.71. The van der Waals surface area contributed by atoms with Crippen molar-refractivity contribution in [3.8, 4) is 0 Å². The van der Waals surface area contributed by atoms with Crippen LogP contribution in [-0.4, -0.2) is 47.4 Å². The maximum Gasteiger partial charge on any atom is 0.318 e. The van der Waals surface area contributed by atoms with Gasteiger partial charge in [-0.2, -0.15) is 0 Å². The largest absolute Gasteiger partial charge is 0.396 e. The van der Waals surface area contributed by atoms with E-state index in [0.29, 0.717) is 25.4 Å². The van der Waals surface area contributed by atoms with Crippen molar-refractivity contribution in [3.63, 3.8) is 0 Å². The average Bonchev–Trinajstić information content (AvgIpc) is 2.58. The fraction of sp³-hybridized carbons (Fsp3) is 0.632. The summed E-state index contributed by atoms with van der Waals surface area (Å²) in [5.74, 6) is 0.814. The molecule has 2 rings (SSSR count). The number of nitrogens with one attached hydrogen (secondary N) is 1. The van der Waals surface area contributed by atoms with Crippen molar-refractivity contribution in [1.29, 1.82) is 0 Å². The summed E-state index contributed by atoms with van der Waals surface area (Å²) in [5, 5.41) is 22.0. The number of hydrogen-bond acceptors (Lipinski definition) is 3. The summed E-state index contributed by atoms with van der Waals surface area (Å²) in [5.41, 5.74) is 2.24. The van der Waals surface area contributed by atoms with Crippen LogP contribution in [0.15, 0.2) is 24.3 Å². The molecule has 5 nitrogen and oxygen atoms in total. The zero-order chi connectivity index (χ0) is 17.5. The van der Waals surface area contributed by atoms with Crippen LogP contribution in [0.1, 0.15) is 43.9 Å². The lowest BCUT2D eigenvalue weighted by Crippen LogP contribution is -2.47. The maximum atomic E-state index is 12.6. The van der Waals surface area contributed by atoms with Crippen molar-refractivity contribution in [2.75, 3.05) is 26.3 Å². The Morgan fingerprint density at radius 3 is 2.75 bits per heavy atom. The molecule has 0 bridgehead atoms. The molecular weight excluding hydrogens is 304 g/mol. The smallest absolute Gasteiger partial charge is 0.318 e. The van der Waals surface area contributed by atoms with E-state index in [4.69, 9.17) is 0 Å². The molecule has 1 aliphatic rings. The normalized spacial score (nSPS) is 18.4. The van der Waals surface area contributed by atoms with Crippen LogP contribution in [0.4, 0.5) is 4.79 Å². The molecule has 24 heavy (non-hydrogen) atoms. The van der Waals surface area contributed by atoms with E-state index in [2.05, 4.69) is 25.2 Å². The quantitative estimate of drug-likeness (QED) is 0.716. The molecule has 0 saturated carbocycles.